The minimum atomic E-state index is -0.513. The van der Waals surface area contributed by atoms with E-state index >= 15 is 0 Å². The summed E-state index contributed by atoms with van der Waals surface area (Å²) in [6.07, 6.45) is 3.23. The molecule has 7 heteroatoms. The fourth-order valence-corrected chi connectivity index (χ4v) is 2.78. The highest BCUT2D eigenvalue weighted by molar-refractivity contribution is 6.13. The highest BCUT2D eigenvalue weighted by atomic mass is 35.5. The van der Waals surface area contributed by atoms with Crippen LogP contribution in [0, 0.1) is 5.41 Å². The number of aromatic nitrogens is 1. The monoisotopic (exact) mass is 316 g/mol. The van der Waals surface area contributed by atoms with Gasteiger partial charge in [-0.25, -0.2) is 5.01 Å². The second-order valence-corrected chi connectivity index (χ2v) is 4.88. The van der Waals surface area contributed by atoms with Gasteiger partial charge in [-0.05, 0) is 12.1 Å². The molecular weight excluding hydrogens is 299 g/mol. The average Bonchev–Trinajstić information content (AvgIpc) is 2.64. The zero-order valence-corrected chi connectivity index (χ0v) is 12.8. The molecule has 0 bridgehead atoms. The zero-order valence-electron chi connectivity index (χ0n) is 11.2. The van der Waals surface area contributed by atoms with Crippen LogP contribution in [0.4, 0.5) is 0 Å². The van der Waals surface area contributed by atoms with Gasteiger partial charge in [-0.1, -0.05) is 6.07 Å². The fraction of sp³-hybridized carbons (Fsp3) is 0.462. The van der Waals surface area contributed by atoms with Gasteiger partial charge in [0.15, 0.2) is 0 Å². The Morgan fingerprint density at radius 1 is 1.40 bits per heavy atom. The largest absolute Gasteiger partial charge is 0.315 e. The number of pyridine rings is 1. The molecule has 1 fully saturated rings. The average molecular weight is 317 g/mol. The lowest BCUT2D eigenvalue weighted by Gasteiger charge is -2.32. The maximum atomic E-state index is 12.4. The third kappa shape index (κ3) is 2.66. The van der Waals surface area contributed by atoms with Gasteiger partial charge in [0, 0.05) is 44.9 Å². The molecule has 0 spiro atoms. The van der Waals surface area contributed by atoms with Crippen molar-refractivity contribution in [3.63, 3.8) is 0 Å². The van der Waals surface area contributed by atoms with Crippen LogP contribution in [0.3, 0.4) is 0 Å². The van der Waals surface area contributed by atoms with E-state index in [1.165, 1.54) is 5.01 Å². The lowest BCUT2D eigenvalue weighted by molar-refractivity contribution is -0.135. The molecule has 0 saturated carbocycles. The number of nitrogens with one attached hydrogen (secondary N) is 1. The standard InChI is InChI=1S/C13H16N4O.2ClH/c1-17-12(18)13(8-10-4-2-3-6-15-10)9-14-7-5-11(13)16-17;;/h2-4,6,14H,5,7-9H2,1H3;2*1H/t13-;;/m0../s1. The molecular formula is C13H18Cl2N4O. The number of hydrogen-bond donors (Lipinski definition) is 1. The SMILES string of the molecule is CN1N=C2CCNC[C@]2(Cc2ccccn2)C1=O.Cl.Cl. The van der Waals surface area contributed by atoms with Crippen molar-refractivity contribution in [2.24, 2.45) is 10.5 Å². The minimum absolute atomic E-state index is 0. The second kappa shape index (κ2) is 6.52. The van der Waals surface area contributed by atoms with Crippen molar-refractivity contribution in [2.75, 3.05) is 20.1 Å². The Bertz CT molecular complexity index is 508. The molecule has 0 aromatic carbocycles. The molecule has 0 unspecified atom stereocenters. The Labute approximate surface area is 130 Å². The van der Waals surface area contributed by atoms with E-state index in [1.807, 2.05) is 18.2 Å². The zero-order chi connectivity index (χ0) is 12.6. The van der Waals surface area contributed by atoms with Crippen molar-refractivity contribution in [2.45, 2.75) is 12.8 Å². The van der Waals surface area contributed by atoms with Gasteiger partial charge >= 0.3 is 0 Å². The van der Waals surface area contributed by atoms with Crippen LogP contribution in [0.1, 0.15) is 12.1 Å². The molecule has 1 aromatic heterocycles. The second-order valence-electron chi connectivity index (χ2n) is 4.88. The number of piperidine rings is 1. The number of hydrogen-bond acceptors (Lipinski definition) is 4. The van der Waals surface area contributed by atoms with Crippen LogP contribution in [0.2, 0.25) is 0 Å². The summed E-state index contributed by atoms with van der Waals surface area (Å²) in [5.74, 6) is 0.0790. The molecule has 3 rings (SSSR count). The van der Waals surface area contributed by atoms with Gasteiger partial charge in [0.1, 0.15) is 5.41 Å². The van der Waals surface area contributed by atoms with E-state index in [9.17, 15) is 4.79 Å². The van der Waals surface area contributed by atoms with Gasteiger partial charge in [-0.2, -0.15) is 5.10 Å². The van der Waals surface area contributed by atoms with Gasteiger partial charge in [-0.3, -0.25) is 9.78 Å². The first-order valence-corrected chi connectivity index (χ1v) is 6.19. The summed E-state index contributed by atoms with van der Waals surface area (Å²) in [6.45, 7) is 1.55. The molecule has 0 radical (unpaired) electrons. The van der Waals surface area contributed by atoms with E-state index in [0.717, 1.165) is 24.4 Å². The Balaban J connectivity index is 0.000001000. The minimum Gasteiger partial charge on any atom is -0.315 e. The smallest absolute Gasteiger partial charge is 0.256 e. The predicted molar refractivity (Wildman–Crippen MR) is 82.6 cm³/mol. The third-order valence-electron chi connectivity index (χ3n) is 3.70. The summed E-state index contributed by atoms with van der Waals surface area (Å²) in [7, 11) is 1.73. The summed E-state index contributed by atoms with van der Waals surface area (Å²) in [6, 6.07) is 5.81. The van der Waals surface area contributed by atoms with Crippen molar-refractivity contribution in [3.05, 3.63) is 30.1 Å². The van der Waals surface area contributed by atoms with Gasteiger partial charge in [-0.15, -0.1) is 24.8 Å². The van der Waals surface area contributed by atoms with Crippen LogP contribution in [-0.4, -0.2) is 41.7 Å². The summed E-state index contributed by atoms with van der Waals surface area (Å²) in [4.78, 5) is 16.7. The molecule has 1 amide bonds. The summed E-state index contributed by atoms with van der Waals surface area (Å²) in [5, 5.41) is 9.18. The lowest BCUT2D eigenvalue weighted by atomic mass is 9.75. The van der Waals surface area contributed by atoms with Crippen LogP contribution in [0.25, 0.3) is 0 Å². The highest BCUT2D eigenvalue weighted by Crippen LogP contribution is 2.34. The van der Waals surface area contributed by atoms with Gasteiger partial charge in [0.05, 0.1) is 5.71 Å². The first kappa shape index (κ1) is 16.9. The van der Waals surface area contributed by atoms with E-state index in [2.05, 4.69) is 15.4 Å². The molecule has 5 nitrogen and oxygen atoms in total. The fourth-order valence-electron chi connectivity index (χ4n) is 2.78. The molecule has 1 saturated heterocycles. The molecule has 2 aliphatic heterocycles. The number of carbonyl (C=O) groups is 1. The maximum absolute atomic E-state index is 12.4. The Morgan fingerprint density at radius 3 is 2.90 bits per heavy atom. The molecule has 2 aliphatic rings. The molecule has 1 N–H and O–H groups in total. The summed E-state index contributed by atoms with van der Waals surface area (Å²) < 4.78 is 0. The lowest BCUT2D eigenvalue weighted by Crippen LogP contribution is -2.52. The Hall–Kier alpha value is -1.17. The molecule has 110 valence electrons. The normalized spacial score (nSPS) is 24.4. The van der Waals surface area contributed by atoms with Gasteiger partial charge in [0.2, 0.25) is 0 Å². The molecule has 20 heavy (non-hydrogen) atoms. The van der Waals surface area contributed by atoms with E-state index < -0.39 is 5.41 Å². The number of rotatable bonds is 2. The first-order valence-electron chi connectivity index (χ1n) is 6.19. The summed E-state index contributed by atoms with van der Waals surface area (Å²) in [5.41, 5.74) is 1.43. The van der Waals surface area contributed by atoms with E-state index in [1.54, 1.807) is 13.2 Å². The van der Waals surface area contributed by atoms with Crippen LogP contribution in [-0.2, 0) is 11.2 Å². The van der Waals surface area contributed by atoms with Crippen molar-refractivity contribution >= 4 is 36.4 Å². The van der Waals surface area contributed by atoms with Crippen molar-refractivity contribution < 1.29 is 4.79 Å². The maximum Gasteiger partial charge on any atom is 0.256 e. The van der Waals surface area contributed by atoms with Crippen molar-refractivity contribution in [3.8, 4) is 0 Å². The van der Waals surface area contributed by atoms with Gasteiger partial charge < -0.3 is 5.32 Å². The van der Waals surface area contributed by atoms with Crippen LogP contribution < -0.4 is 5.32 Å². The van der Waals surface area contributed by atoms with Gasteiger partial charge in [0.25, 0.3) is 5.91 Å². The number of amides is 1. The topological polar surface area (TPSA) is 57.6 Å². The van der Waals surface area contributed by atoms with E-state index in [-0.39, 0.29) is 30.7 Å². The predicted octanol–water partition coefficient (Wildman–Crippen LogP) is 1.28. The quantitative estimate of drug-likeness (QED) is 0.894. The van der Waals surface area contributed by atoms with E-state index in [0.29, 0.717) is 13.0 Å². The van der Waals surface area contributed by atoms with Crippen LogP contribution >= 0.6 is 24.8 Å². The number of nitrogens with zero attached hydrogens (tertiary/aromatic N) is 3. The number of halogens is 2. The van der Waals surface area contributed by atoms with Crippen LogP contribution in [0.5, 0.6) is 0 Å². The first-order chi connectivity index (χ1) is 8.72. The molecule has 1 atom stereocenters. The number of hydrazone groups is 1. The molecule has 0 aliphatic carbocycles. The van der Waals surface area contributed by atoms with Crippen molar-refractivity contribution in [1.29, 1.82) is 0 Å². The molecule has 3 heterocycles. The van der Waals surface area contributed by atoms with Crippen molar-refractivity contribution in [1.82, 2.24) is 15.3 Å². The van der Waals surface area contributed by atoms with Crippen LogP contribution in [0.15, 0.2) is 29.5 Å². The highest BCUT2D eigenvalue weighted by Gasteiger charge is 2.50. The Kier molecular flexibility index (Phi) is 5.50. The molecule has 1 aromatic rings. The number of carbonyl (C=O) groups excluding carboxylic acids is 1. The van der Waals surface area contributed by atoms with E-state index in [4.69, 9.17) is 0 Å². The Morgan fingerprint density at radius 2 is 2.20 bits per heavy atom. The summed E-state index contributed by atoms with van der Waals surface area (Å²) >= 11 is 0. The number of fused-ring (bicyclic) bond motifs is 1. The third-order valence-corrected chi connectivity index (χ3v) is 3.70.